The molecule has 0 atom stereocenters. The van der Waals surface area contributed by atoms with Gasteiger partial charge in [-0.05, 0) is 19.8 Å². The van der Waals surface area contributed by atoms with Gasteiger partial charge in [-0.3, -0.25) is 0 Å². The lowest BCUT2D eigenvalue weighted by atomic mass is 9.94. The van der Waals surface area contributed by atoms with E-state index in [1.807, 2.05) is 6.92 Å². The first-order chi connectivity index (χ1) is 6.21. The van der Waals surface area contributed by atoms with Crippen LogP contribution in [0.2, 0.25) is 0 Å². The molecule has 1 aromatic rings. The molecule has 2 N–H and O–H groups in total. The molecular weight excluding hydrogens is 164 g/mol. The van der Waals surface area contributed by atoms with Crippen LogP contribution >= 0.6 is 0 Å². The summed E-state index contributed by atoms with van der Waals surface area (Å²) < 4.78 is 0. The van der Waals surface area contributed by atoms with E-state index in [1.165, 1.54) is 0 Å². The highest BCUT2D eigenvalue weighted by Gasteiger charge is 2.30. The van der Waals surface area contributed by atoms with E-state index < -0.39 is 0 Å². The van der Waals surface area contributed by atoms with E-state index in [4.69, 9.17) is 5.73 Å². The molecule has 1 heterocycles. The second-order valence-electron chi connectivity index (χ2n) is 3.43. The number of nitrogens with zero attached hydrogens (tertiary/aromatic N) is 3. The maximum atomic E-state index is 6.13. The number of aryl methyl sites for hydroxylation is 1. The molecule has 4 nitrogen and oxygen atoms in total. The van der Waals surface area contributed by atoms with Crippen LogP contribution in [0.3, 0.4) is 0 Å². The zero-order valence-electron chi connectivity index (χ0n) is 7.57. The topological polar surface area (TPSA) is 64.7 Å². The summed E-state index contributed by atoms with van der Waals surface area (Å²) in [6.07, 6.45) is 7.51. The number of hydrogen-bond donors (Lipinski definition) is 1. The Morgan fingerprint density at radius 1 is 1.31 bits per heavy atom. The van der Waals surface area contributed by atoms with Crippen molar-refractivity contribution in [3.63, 3.8) is 0 Å². The van der Waals surface area contributed by atoms with Crippen LogP contribution < -0.4 is 5.73 Å². The largest absolute Gasteiger partial charge is 0.319 e. The molecule has 0 saturated carbocycles. The second kappa shape index (κ2) is 2.88. The number of nitrogens with two attached hydrogens (primary N) is 1. The Morgan fingerprint density at radius 3 is 2.54 bits per heavy atom. The molecule has 0 radical (unpaired) electrons. The van der Waals surface area contributed by atoms with E-state index in [9.17, 15) is 0 Å². The van der Waals surface area contributed by atoms with Crippen molar-refractivity contribution in [3.8, 4) is 0 Å². The van der Waals surface area contributed by atoms with Crippen LogP contribution in [0.5, 0.6) is 0 Å². The Bertz CT molecular complexity index is 320. The van der Waals surface area contributed by atoms with Gasteiger partial charge in [-0.2, -0.15) is 5.10 Å². The molecule has 1 aliphatic rings. The van der Waals surface area contributed by atoms with Crippen LogP contribution in [-0.2, 0) is 5.54 Å². The molecule has 68 valence electrons. The summed E-state index contributed by atoms with van der Waals surface area (Å²) >= 11 is 0. The summed E-state index contributed by atoms with van der Waals surface area (Å²) in [6.45, 7) is 1.81. The molecule has 0 fully saturated rings. The van der Waals surface area contributed by atoms with Crippen molar-refractivity contribution in [1.82, 2.24) is 15.2 Å². The molecule has 0 saturated heterocycles. The highest BCUT2D eigenvalue weighted by molar-refractivity contribution is 5.18. The van der Waals surface area contributed by atoms with Crippen LogP contribution in [0.25, 0.3) is 0 Å². The van der Waals surface area contributed by atoms with Crippen LogP contribution in [0.4, 0.5) is 0 Å². The molecule has 2 rings (SSSR count). The smallest absolute Gasteiger partial charge is 0.147 e. The third kappa shape index (κ3) is 1.45. The first kappa shape index (κ1) is 8.31. The minimum Gasteiger partial charge on any atom is -0.319 e. The third-order valence-corrected chi connectivity index (χ3v) is 2.32. The summed E-state index contributed by atoms with van der Waals surface area (Å²) in [5, 5.41) is 7.95. The van der Waals surface area contributed by atoms with Crippen LogP contribution in [-0.4, -0.2) is 15.2 Å². The molecule has 0 amide bonds. The Hall–Kier alpha value is -1.29. The maximum absolute atomic E-state index is 6.13. The van der Waals surface area contributed by atoms with Crippen molar-refractivity contribution in [2.45, 2.75) is 25.3 Å². The van der Waals surface area contributed by atoms with Gasteiger partial charge in [0, 0.05) is 0 Å². The van der Waals surface area contributed by atoms with E-state index in [0.717, 1.165) is 18.5 Å². The molecule has 0 unspecified atom stereocenters. The van der Waals surface area contributed by atoms with Crippen molar-refractivity contribution in [3.05, 3.63) is 29.9 Å². The van der Waals surface area contributed by atoms with Gasteiger partial charge in [-0.25, -0.2) is 4.98 Å². The van der Waals surface area contributed by atoms with E-state index in [1.54, 1.807) is 6.20 Å². The summed E-state index contributed by atoms with van der Waals surface area (Å²) in [5.41, 5.74) is 6.54. The van der Waals surface area contributed by atoms with Gasteiger partial charge in [0.05, 0.1) is 11.7 Å². The fraction of sp³-hybridized carbons (Fsp3) is 0.444. The standard InChI is InChI=1S/C9H12N4/c1-7-11-6-8(13-12-7)9(10)4-2-3-5-9/h2-3,6H,4-5,10H2,1H3. The summed E-state index contributed by atoms with van der Waals surface area (Å²) in [5.74, 6) is 0.679. The Labute approximate surface area is 76.9 Å². The monoisotopic (exact) mass is 176 g/mol. The Morgan fingerprint density at radius 2 is 2.00 bits per heavy atom. The first-order valence-electron chi connectivity index (χ1n) is 4.31. The lowest BCUT2D eigenvalue weighted by molar-refractivity contribution is 0.455. The average molecular weight is 176 g/mol. The quantitative estimate of drug-likeness (QED) is 0.639. The summed E-state index contributed by atoms with van der Waals surface area (Å²) in [4.78, 5) is 4.09. The molecule has 0 aliphatic heterocycles. The molecule has 0 spiro atoms. The number of rotatable bonds is 1. The molecule has 0 aromatic carbocycles. The zero-order valence-corrected chi connectivity index (χ0v) is 7.57. The van der Waals surface area contributed by atoms with Crippen molar-refractivity contribution in [1.29, 1.82) is 0 Å². The van der Waals surface area contributed by atoms with Crippen molar-refractivity contribution in [2.24, 2.45) is 5.73 Å². The first-order valence-corrected chi connectivity index (χ1v) is 4.31. The molecular formula is C9H12N4. The van der Waals surface area contributed by atoms with Gasteiger partial charge in [0.1, 0.15) is 11.5 Å². The van der Waals surface area contributed by atoms with Crippen molar-refractivity contribution >= 4 is 0 Å². The molecule has 1 aromatic heterocycles. The van der Waals surface area contributed by atoms with Gasteiger partial charge in [0.2, 0.25) is 0 Å². The lowest BCUT2D eigenvalue weighted by Gasteiger charge is -2.21. The molecule has 1 aliphatic carbocycles. The minimum atomic E-state index is -0.367. The highest BCUT2D eigenvalue weighted by atomic mass is 15.2. The second-order valence-corrected chi connectivity index (χ2v) is 3.43. The Balaban J connectivity index is 2.30. The van der Waals surface area contributed by atoms with Gasteiger partial charge in [0.25, 0.3) is 0 Å². The van der Waals surface area contributed by atoms with Crippen LogP contribution in [0, 0.1) is 6.92 Å². The summed E-state index contributed by atoms with van der Waals surface area (Å²) in [6, 6.07) is 0. The van der Waals surface area contributed by atoms with E-state index in [-0.39, 0.29) is 5.54 Å². The predicted octanol–water partition coefficient (Wildman–Crippen LogP) is 0.684. The summed E-state index contributed by atoms with van der Waals surface area (Å²) in [7, 11) is 0. The van der Waals surface area contributed by atoms with Gasteiger partial charge in [-0.15, -0.1) is 5.10 Å². The Kier molecular flexibility index (Phi) is 1.84. The van der Waals surface area contributed by atoms with E-state index >= 15 is 0 Å². The van der Waals surface area contributed by atoms with Gasteiger partial charge in [-0.1, -0.05) is 12.2 Å². The average Bonchev–Trinajstić information content (AvgIpc) is 2.54. The van der Waals surface area contributed by atoms with E-state index in [0.29, 0.717) is 5.82 Å². The van der Waals surface area contributed by atoms with Crippen LogP contribution in [0.1, 0.15) is 24.4 Å². The minimum absolute atomic E-state index is 0.367. The van der Waals surface area contributed by atoms with Crippen molar-refractivity contribution in [2.75, 3.05) is 0 Å². The molecule has 13 heavy (non-hydrogen) atoms. The fourth-order valence-electron chi connectivity index (χ4n) is 1.44. The fourth-order valence-corrected chi connectivity index (χ4v) is 1.44. The zero-order chi connectivity index (χ0) is 9.31. The van der Waals surface area contributed by atoms with Gasteiger partial charge < -0.3 is 5.73 Å². The normalized spacial score (nSPS) is 19.2. The van der Waals surface area contributed by atoms with Crippen molar-refractivity contribution < 1.29 is 0 Å². The van der Waals surface area contributed by atoms with E-state index in [2.05, 4.69) is 27.3 Å². The maximum Gasteiger partial charge on any atom is 0.147 e. The predicted molar refractivity (Wildman–Crippen MR) is 48.8 cm³/mol. The SMILES string of the molecule is Cc1ncc(C2(N)CC=CC2)nn1. The highest BCUT2D eigenvalue weighted by Crippen LogP contribution is 2.29. The van der Waals surface area contributed by atoms with Crippen LogP contribution in [0.15, 0.2) is 18.3 Å². The molecule has 0 bridgehead atoms. The lowest BCUT2D eigenvalue weighted by Crippen LogP contribution is -2.35. The third-order valence-electron chi connectivity index (χ3n) is 2.32. The number of hydrogen-bond acceptors (Lipinski definition) is 4. The van der Waals surface area contributed by atoms with Gasteiger partial charge >= 0.3 is 0 Å². The number of aromatic nitrogens is 3. The molecule has 4 heteroatoms. The van der Waals surface area contributed by atoms with Gasteiger partial charge in [0.15, 0.2) is 0 Å².